The minimum absolute atomic E-state index is 0. The number of hydrogen-bond donors (Lipinski definition) is 3. The molecule has 1 unspecified atom stereocenters. The van der Waals surface area contributed by atoms with Crippen LogP contribution in [0.2, 0.25) is 0 Å². The Kier molecular flexibility index (Phi) is 20.1. The van der Waals surface area contributed by atoms with Gasteiger partial charge in [-0.25, -0.2) is 0 Å². The summed E-state index contributed by atoms with van der Waals surface area (Å²) in [6.07, 6.45) is -1.16. The summed E-state index contributed by atoms with van der Waals surface area (Å²) in [5, 5.41) is 13.9. The van der Waals surface area contributed by atoms with Gasteiger partial charge in [-0.1, -0.05) is 0 Å². The molecule has 0 fully saturated rings. The summed E-state index contributed by atoms with van der Waals surface area (Å²) >= 11 is 0. The normalized spacial score (nSPS) is 10.7. The van der Waals surface area contributed by atoms with Gasteiger partial charge < -0.3 is 25.5 Å². The van der Waals surface area contributed by atoms with E-state index in [9.17, 15) is 18.0 Å². The molecule has 84 valence electrons. The summed E-state index contributed by atoms with van der Waals surface area (Å²) in [5.41, 5.74) is 0. The third-order valence-corrected chi connectivity index (χ3v) is 2.08. The number of hydrogen-bond acceptors (Lipinski definition) is 5. The Morgan fingerprint density at radius 2 is 1.50 bits per heavy atom. The van der Waals surface area contributed by atoms with Crippen LogP contribution in [0.1, 0.15) is 6.42 Å². The van der Waals surface area contributed by atoms with E-state index in [1.165, 1.54) is 0 Å². The smallest absolute Gasteiger partial charge is 1.00 e. The quantitative estimate of drug-likeness (QED) is 0.341. The van der Waals surface area contributed by atoms with Crippen LogP contribution in [0.15, 0.2) is 0 Å². The number of rotatable bonds is 4. The van der Waals surface area contributed by atoms with E-state index in [4.69, 9.17) is 19.6 Å². The molecule has 0 saturated heterocycles. The van der Waals surface area contributed by atoms with Crippen molar-refractivity contribution in [2.24, 2.45) is 0 Å². The van der Waals surface area contributed by atoms with Crippen molar-refractivity contribution in [3.8, 4) is 0 Å². The van der Waals surface area contributed by atoms with E-state index >= 15 is 0 Å². The monoisotopic (exact) mass is 290 g/mol. The zero-order valence-electron chi connectivity index (χ0n) is 8.78. The molecule has 0 aromatic carbocycles. The predicted octanol–water partition coefficient (Wildman–Crippen LogP) is -9.30. The van der Waals surface area contributed by atoms with Gasteiger partial charge in [-0.05, 0) is 0 Å². The molecule has 0 aliphatic carbocycles. The SMILES string of the molecule is O=C(O)CC(C(=O)O)S(=O)(=O)O.[Na+].[Na+].[O-][SiH2-]. The number of carboxylic acids is 2. The molecule has 0 aromatic rings. The van der Waals surface area contributed by atoms with E-state index in [-0.39, 0.29) is 59.1 Å². The Hall–Kier alpha value is 1.03. The van der Waals surface area contributed by atoms with Crippen LogP contribution in [0.5, 0.6) is 0 Å². The van der Waals surface area contributed by atoms with E-state index in [0.717, 1.165) is 0 Å². The van der Waals surface area contributed by atoms with E-state index in [2.05, 4.69) is 0 Å². The number of aliphatic carboxylic acids is 2. The fourth-order valence-electron chi connectivity index (χ4n) is 0.479. The molecule has 0 saturated carbocycles. The summed E-state index contributed by atoms with van der Waals surface area (Å²) in [6.45, 7) is 0. The van der Waals surface area contributed by atoms with E-state index in [1.807, 2.05) is 0 Å². The van der Waals surface area contributed by atoms with Gasteiger partial charge in [0.2, 0.25) is 0 Å². The Bertz CT molecular complexity index is 303. The topological polar surface area (TPSA) is 152 Å². The van der Waals surface area contributed by atoms with Crippen molar-refractivity contribution in [2.75, 3.05) is 0 Å². The maximum atomic E-state index is 10.2. The summed E-state index contributed by atoms with van der Waals surface area (Å²) in [5.74, 6) is -3.50. The first kappa shape index (κ1) is 25.8. The average Bonchev–Trinajstić information content (AvgIpc) is 2.01. The zero-order valence-corrected chi connectivity index (χ0v) is 15.0. The Balaban J connectivity index is -0.000000169. The molecule has 16 heavy (non-hydrogen) atoms. The van der Waals surface area contributed by atoms with Gasteiger partial charge in [-0.2, -0.15) is 8.42 Å². The first-order chi connectivity index (χ1) is 6.25. The fourth-order valence-corrected chi connectivity index (χ4v) is 1.09. The molecule has 8 nitrogen and oxygen atoms in total. The molecule has 12 heteroatoms. The van der Waals surface area contributed by atoms with Crippen LogP contribution in [0, 0.1) is 0 Å². The maximum absolute atomic E-state index is 10.2. The Morgan fingerprint density at radius 3 is 1.56 bits per heavy atom. The van der Waals surface area contributed by atoms with Crippen LogP contribution >= 0.6 is 0 Å². The minimum atomic E-state index is -4.84. The van der Waals surface area contributed by atoms with Gasteiger partial charge in [-0.3, -0.25) is 14.1 Å². The predicted molar refractivity (Wildman–Crippen MR) is 43.8 cm³/mol. The third kappa shape index (κ3) is 13.1. The molecule has 0 aliphatic heterocycles. The molecule has 0 amide bonds. The average molecular weight is 290 g/mol. The van der Waals surface area contributed by atoms with Gasteiger partial charge in [0.1, 0.15) is 0 Å². The van der Waals surface area contributed by atoms with Crippen molar-refractivity contribution in [1.29, 1.82) is 0 Å². The zero-order chi connectivity index (χ0) is 11.9. The molecular weight excluding hydrogens is 282 g/mol. The fraction of sp³-hybridized carbons (Fsp3) is 0.500. The second-order valence-corrected chi connectivity index (χ2v) is 3.54. The Morgan fingerprint density at radius 1 is 1.19 bits per heavy atom. The van der Waals surface area contributed by atoms with E-state index < -0.39 is 33.7 Å². The number of carbonyl (C=O) groups is 2. The summed E-state index contributed by atoms with van der Waals surface area (Å²) in [7, 11) is -4.23. The molecule has 0 rings (SSSR count). The Labute approximate surface area is 139 Å². The first-order valence-corrected chi connectivity index (χ1v) is 5.03. The molecule has 0 heterocycles. The van der Waals surface area contributed by atoms with Gasteiger partial charge in [0, 0.05) is 0 Å². The van der Waals surface area contributed by atoms with Gasteiger partial charge >= 0.3 is 71.1 Å². The molecular formula is C4H8Na2O8SSi. The van der Waals surface area contributed by atoms with Crippen molar-refractivity contribution < 1.29 is 96.7 Å². The van der Waals surface area contributed by atoms with Crippen LogP contribution in [0.25, 0.3) is 0 Å². The first-order valence-electron chi connectivity index (χ1n) is 2.95. The summed E-state index contributed by atoms with van der Waals surface area (Å²) < 4.78 is 28.7. The molecule has 0 aliphatic rings. The van der Waals surface area contributed by atoms with Crippen LogP contribution < -0.4 is 63.9 Å². The van der Waals surface area contributed by atoms with Crippen molar-refractivity contribution >= 4 is 32.5 Å². The maximum Gasteiger partial charge on any atom is 1.00 e. The third-order valence-electron chi connectivity index (χ3n) is 0.995. The van der Waals surface area contributed by atoms with Crippen LogP contribution in [-0.4, -0.2) is 50.9 Å². The van der Waals surface area contributed by atoms with Gasteiger partial charge in [0.15, 0.2) is 5.25 Å². The van der Waals surface area contributed by atoms with Gasteiger partial charge in [-0.15, -0.1) is 0 Å². The minimum Gasteiger partial charge on any atom is -1.01 e. The molecule has 0 aromatic heterocycles. The number of carboxylic acid groups (broad SMARTS) is 2. The summed E-state index contributed by atoms with van der Waals surface area (Å²) in [6, 6.07) is 0. The molecule has 3 N–H and O–H groups in total. The molecule has 0 radical (unpaired) electrons. The van der Waals surface area contributed by atoms with Crippen LogP contribution in [0.3, 0.4) is 0 Å². The standard InChI is InChI=1S/C4H6O7S.2Na.H2OSi/c5-3(6)1-2(4(7)8)12(9,10)11;;;1-2/h2H,1H2,(H,5,6)(H,7,8)(H,9,10,11);;;2H2/q;2*+1;-2. The van der Waals surface area contributed by atoms with Crippen molar-refractivity contribution in [1.82, 2.24) is 0 Å². The largest absolute Gasteiger partial charge is 1.01 e. The molecule has 0 bridgehead atoms. The molecule has 1 atom stereocenters. The van der Waals surface area contributed by atoms with Gasteiger partial charge in [0.25, 0.3) is 10.1 Å². The van der Waals surface area contributed by atoms with Crippen molar-refractivity contribution in [2.45, 2.75) is 11.7 Å². The second kappa shape index (κ2) is 12.5. The van der Waals surface area contributed by atoms with E-state index in [0.29, 0.717) is 10.5 Å². The second-order valence-electron chi connectivity index (χ2n) is 1.94. The summed E-state index contributed by atoms with van der Waals surface area (Å²) in [4.78, 5) is 28.3. The van der Waals surface area contributed by atoms with Crippen molar-refractivity contribution in [3.05, 3.63) is 0 Å². The molecule has 0 spiro atoms. The van der Waals surface area contributed by atoms with Crippen LogP contribution in [-0.2, 0) is 19.7 Å². The van der Waals surface area contributed by atoms with E-state index in [1.54, 1.807) is 0 Å². The van der Waals surface area contributed by atoms with Gasteiger partial charge in [0.05, 0.1) is 6.42 Å². The van der Waals surface area contributed by atoms with Crippen LogP contribution in [0.4, 0.5) is 0 Å². The van der Waals surface area contributed by atoms with Crippen molar-refractivity contribution in [3.63, 3.8) is 0 Å².